The molecule has 2 unspecified atom stereocenters. The summed E-state index contributed by atoms with van der Waals surface area (Å²) in [5, 5.41) is 15.4. The minimum Gasteiger partial charge on any atom is -0.394 e. The van der Waals surface area contributed by atoms with E-state index < -0.39 is 10.8 Å². The lowest BCUT2D eigenvalue weighted by Gasteiger charge is -2.43. The van der Waals surface area contributed by atoms with Gasteiger partial charge in [-0.15, -0.1) is 11.3 Å². The van der Waals surface area contributed by atoms with Crippen LogP contribution in [-0.2, 0) is 10.8 Å². The summed E-state index contributed by atoms with van der Waals surface area (Å²) >= 11 is 7.92. The number of fused-ring (bicyclic) bond motifs is 1. The highest BCUT2D eigenvalue weighted by Crippen LogP contribution is 2.40. The molecule has 10 heteroatoms. The lowest BCUT2D eigenvalue weighted by molar-refractivity contribution is 0.186. The monoisotopic (exact) mass is 505 g/mol. The molecular weight excluding hydrogens is 478 g/mol. The standard InChI is InChI=1S/C23H28ClN5O2S2/c1-28-20(27-23(13-30)7-8-23)19-16(6-11-33(19)31)26-22(28)29-9-4-14(5-10-29)21-25-17-12-15(24)2-3-18(17)32-21/h2-3,12,14,20,27,30H,4-11,13H2,1H3. The second-order valence-corrected chi connectivity index (χ2v) is 12.6. The van der Waals surface area contributed by atoms with Gasteiger partial charge in [0.05, 0.1) is 43.2 Å². The molecule has 2 aromatic rings. The highest BCUT2D eigenvalue weighted by molar-refractivity contribution is 7.89. The van der Waals surface area contributed by atoms with Crippen LogP contribution in [-0.4, -0.2) is 74.3 Å². The number of nitrogens with zero attached hydrogens (tertiary/aromatic N) is 4. The number of piperidine rings is 1. The van der Waals surface area contributed by atoms with E-state index in [1.807, 2.05) is 19.2 Å². The first-order chi connectivity index (χ1) is 16.0. The number of halogens is 1. The van der Waals surface area contributed by atoms with Crippen LogP contribution in [0.2, 0.25) is 5.02 Å². The van der Waals surface area contributed by atoms with E-state index in [0.717, 1.165) is 72.3 Å². The van der Waals surface area contributed by atoms with Gasteiger partial charge in [0.1, 0.15) is 6.17 Å². The summed E-state index contributed by atoms with van der Waals surface area (Å²) in [4.78, 5) is 15.3. The number of aliphatic hydroxyl groups is 1. The fourth-order valence-electron chi connectivity index (χ4n) is 5.10. The van der Waals surface area contributed by atoms with Crippen LogP contribution in [0.15, 0.2) is 33.8 Å². The van der Waals surface area contributed by atoms with E-state index in [1.165, 1.54) is 9.71 Å². The van der Waals surface area contributed by atoms with Gasteiger partial charge in [0.25, 0.3) is 0 Å². The number of aromatic nitrogens is 1. The van der Waals surface area contributed by atoms with Gasteiger partial charge >= 0.3 is 0 Å². The third-order valence-corrected chi connectivity index (χ3v) is 10.3. The Balaban J connectivity index is 1.21. The van der Waals surface area contributed by atoms with Crippen LogP contribution in [0.3, 0.4) is 0 Å². The van der Waals surface area contributed by atoms with Gasteiger partial charge in [0, 0.05) is 48.8 Å². The molecule has 4 aliphatic rings. The maximum Gasteiger partial charge on any atom is 0.202 e. The molecule has 4 heterocycles. The van der Waals surface area contributed by atoms with Gasteiger partial charge in [0.15, 0.2) is 0 Å². The number of guanidine groups is 1. The number of thiazole rings is 1. The smallest absolute Gasteiger partial charge is 0.202 e. The minimum atomic E-state index is -1.01. The summed E-state index contributed by atoms with van der Waals surface area (Å²) in [6, 6.07) is 5.93. The topological polar surface area (TPSA) is 81.1 Å². The van der Waals surface area contributed by atoms with Crippen molar-refractivity contribution in [1.29, 1.82) is 0 Å². The van der Waals surface area contributed by atoms with Gasteiger partial charge in [-0.05, 0) is 43.9 Å². The summed E-state index contributed by atoms with van der Waals surface area (Å²) in [7, 11) is 1.03. The van der Waals surface area contributed by atoms with Crippen LogP contribution in [0, 0.1) is 0 Å². The Hall–Kier alpha value is -1.52. The van der Waals surface area contributed by atoms with Crippen molar-refractivity contribution in [3.05, 3.63) is 38.8 Å². The van der Waals surface area contributed by atoms with Gasteiger partial charge in [-0.3, -0.25) is 9.53 Å². The molecule has 1 aromatic carbocycles. The summed E-state index contributed by atoms with van der Waals surface area (Å²) in [6.07, 6.45) is 4.54. The zero-order valence-corrected chi connectivity index (χ0v) is 21.0. The third-order valence-electron chi connectivity index (χ3n) is 7.33. The van der Waals surface area contributed by atoms with E-state index in [1.54, 1.807) is 11.3 Å². The Kier molecular flexibility index (Phi) is 5.53. The number of benzene rings is 1. The van der Waals surface area contributed by atoms with Crippen LogP contribution in [0.1, 0.15) is 43.0 Å². The predicted octanol–water partition coefficient (Wildman–Crippen LogP) is 3.24. The first kappa shape index (κ1) is 22.0. The second-order valence-electron chi connectivity index (χ2n) is 9.54. The first-order valence-electron chi connectivity index (χ1n) is 11.6. The SMILES string of the molecule is CN1C(N2CCC(c3nc4cc(Cl)ccc4s3)CC2)=NC2=C(C1NC1(CO)CC1)S(=O)CC2. The maximum absolute atomic E-state index is 12.8. The molecular formula is C23H28ClN5O2S2. The van der Waals surface area contributed by atoms with E-state index in [2.05, 4.69) is 21.2 Å². The Morgan fingerprint density at radius 3 is 2.85 bits per heavy atom. The molecule has 0 bridgehead atoms. The number of aliphatic imine (C=N–C) groups is 1. The van der Waals surface area contributed by atoms with Gasteiger partial charge < -0.3 is 14.9 Å². The third kappa shape index (κ3) is 3.91. The summed E-state index contributed by atoms with van der Waals surface area (Å²) in [5.74, 6) is 2.04. The van der Waals surface area contributed by atoms with Crippen molar-refractivity contribution in [1.82, 2.24) is 20.1 Å². The number of likely N-dealkylation sites (N-methyl/N-ethyl adjacent to an activating group) is 1. The molecule has 7 nitrogen and oxygen atoms in total. The minimum absolute atomic E-state index is 0.109. The second kappa shape index (κ2) is 8.30. The van der Waals surface area contributed by atoms with Crippen LogP contribution < -0.4 is 5.32 Å². The maximum atomic E-state index is 12.8. The number of aliphatic hydroxyl groups excluding tert-OH is 1. The fraction of sp³-hybridized carbons (Fsp3) is 0.565. The highest BCUT2D eigenvalue weighted by Gasteiger charge is 2.48. The molecule has 3 aliphatic heterocycles. The van der Waals surface area contributed by atoms with Crippen molar-refractivity contribution in [2.75, 3.05) is 32.5 Å². The Morgan fingerprint density at radius 1 is 1.33 bits per heavy atom. The number of likely N-dealkylation sites (tertiary alicyclic amines) is 1. The number of hydrogen-bond donors (Lipinski definition) is 2. The quantitative estimate of drug-likeness (QED) is 0.664. The van der Waals surface area contributed by atoms with E-state index in [9.17, 15) is 9.32 Å². The molecule has 0 amide bonds. The first-order valence-corrected chi connectivity index (χ1v) is 14.1. The Bertz CT molecular complexity index is 1180. The van der Waals surface area contributed by atoms with Crippen LogP contribution in [0.4, 0.5) is 0 Å². The van der Waals surface area contributed by atoms with Gasteiger partial charge in [-0.2, -0.15) is 0 Å². The van der Waals surface area contributed by atoms with Crippen molar-refractivity contribution in [2.45, 2.75) is 49.7 Å². The van der Waals surface area contributed by atoms with Crippen molar-refractivity contribution in [2.24, 2.45) is 4.99 Å². The van der Waals surface area contributed by atoms with E-state index in [0.29, 0.717) is 11.7 Å². The highest BCUT2D eigenvalue weighted by atomic mass is 35.5. The molecule has 2 atom stereocenters. The normalized spacial score (nSPS) is 27.3. The molecule has 1 aliphatic carbocycles. The van der Waals surface area contributed by atoms with Crippen molar-refractivity contribution in [3.8, 4) is 0 Å². The number of nitrogens with one attached hydrogen (secondary N) is 1. The van der Waals surface area contributed by atoms with Crippen molar-refractivity contribution >= 4 is 49.9 Å². The fourth-order valence-corrected chi connectivity index (χ4v) is 7.86. The molecule has 176 valence electrons. The largest absolute Gasteiger partial charge is 0.394 e. The lowest BCUT2D eigenvalue weighted by atomic mass is 9.97. The molecule has 2 N–H and O–H groups in total. The molecule has 33 heavy (non-hydrogen) atoms. The predicted molar refractivity (Wildman–Crippen MR) is 134 cm³/mol. The zero-order chi connectivity index (χ0) is 22.7. The summed E-state index contributed by atoms with van der Waals surface area (Å²) in [6.45, 7) is 1.93. The molecule has 1 aromatic heterocycles. The number of hydrogen-bond acceptors (Lipinski definition) is 8. The molecule has 6 rings (SSSR count). The summed E-state index contributed by atoms with van der Waals surface area (Å²) < 4.78 is 14.0. The Morgan fingerprint density at radius 2 is 2.12 bits per heavy atom. The Labute approximate surface area is 205 Å². The number of allylic oxidation sites excluding steroid dienone is 1. The molecule has 2 fully saturated rings. The zero-order valence-electron chi connectivity index (χ0n) is 18.6. The van der Waals surface area contributed by atoms with E-state index >= 15 is 0 Å². The average molecular weight is 506 g/mol. The van der Waals surface area contributed by atoms with Crippen molar-refractivity contribution in [3.63, 3.8) is 0 Å². The van der Waals surface area contributed by atoms with Crippen molar-refractivity contribution < 1.29 is 9.32 Å². The van der Waals surface area contributed by atoms with Crippen LogP contribution >= 0.6 is 22.9 Å². The number of rotatable bonds is 4. The molecule has 0 spiro atoms. The van der Waals surface area contributed by atoms with E-state index in [4.69, 9.17) is 21.6 Å². The molecule has 1 saturated heterocycles. The molecule has 0 radical (unpaired) electrons. The summed E-state index contributed by atoms with van der Waals surface area (Å²) in [5.41, 5.74) is 1.72. The molecule has 1 saturated carbocycles. The van der Waals surface area contributed by atoms with Crippen LogP contribution in [0.25, 0.3) is 10.2 Å². The van der Waals surface area contributed by atoms with Gasteiger partial charge in [0.2, 0.25) is 5.96 Å². The average Bonchev–Trinajstić information content (AvgIpc) is 3.32. The lowest BCUT2D eigenvalue weighted by Crippen LogP contribution is -2.59. The van der Waals surface area contributed by atoms with E-state index in [-0.39, 0.29) is 18.3 Å². The van der Waals surface area contributed by atoms with Gasteiger partial charge in [-0.25, -0.2) is 9.98 Å². The van der Waals surface area contributed by atoms with Gasteiger partial charge in [-0.1, -0.05) is 11.6 Å². The van der Waals surface area contributed by atoms with Crippen LogP contribution in [0.5, 0.6) is 0 Å².